The second-order valence-corrected chi connectivity index (χ2v) is 7.06. The van der Waals surface area contributed by atoms with E-state index in [-0.39, 0.29) is 35.7 Å². The average Bonchev–Trinajstić information content (AvgIpc) is 3.29. The molecule has 2 heterocycles. The predicted octanol–water partition coefficient (Wildman–Crippen LogP) is 2.83. The summed E-state index contributed by atoms with van der Waals surface area (Å²) in [5.74, 6) is 0.292. The number of hydrogen-bond acceptors (Lipinski definition) is 4. The van der Waals surface area contributed by atoms with E-state index in [2.05, 4.69) is 30.9 Å². The van der Waals surface area contributed by atoms with Gasteiger partial charge in [-0.15, -0.1) is 35.3 Å². The molecule has 1 amide bonds. The second kappa shape index (κ2) is 11.1. The zero-order valence-corrected chi connectivity index (χ0v) is 19.4. The van der Waals surface area contributed by atoms with Crippen LogP contribution in [0.25, 0.3) is 10.9 Å². The smallest absolute Gasteiger partial charge is 0.263 e. The topological polar surface area (TPSA) is 94.2 Å². The van der Waals surface area contributed by atoms with Crippen LogP contribution >= 0.6 is 35.3 Å². The maximum absolute atomic E-state index is 13.4. The lowest BCUT2D eigenvalue weighted by Gasteiger charge is -2.12. The minimum Gasteiger partial charge on any atom is -0.361 e. The minimum atomic E-state index is -0.241. The molecule has 0 aliphatic carbocycles. The Labute approximate surface area is 189 Å². The van der Waals surface area contributed by atoms with Gasteiger partial charge in [0.1, 0.15) is 10.7 Å². The number of aryl methyl sites for hydroxylation is 1. The van der Waals surface area contributed by atoms with Crippen molar-refractivity contribution in [2.75, 3.05) is 26.7 Å². The number of amides is 1. The summed E-state index contributed by atoms with van der Waals surface area (Å²) >= 11 is 1.33. The number of fused-ring (bicyclic) bond motifs is 1. The number of aromatic amines is 1. The average molecular weight is 530 g/mol. The summed E-state index contributed by atoms with van der Waals surface area (Å²) in [6.45, 7) is 3.48. The number of benzene rings is 1. The maximum atomic E-state index is 13.4. The van der Waals surface area contributed by atoms with Gasteiger partial charge in [-0.3, -0.25) is 9.79 Å². The van der Waals surface area contributed by atoms with Crippen molar-refractivity contribution in [3.05, 3.63) is 51.9 Å². The van der Waals surface area contributed by atoms with Gasteiger partial charge in [-0.05, 0) is 37.1 Å². The molecule has 0 aliphatic rings. The van der Waals surface area contributed by atoms with E-state index >= 15 is 0 Å². The Balaban J connectivity index is 0.00000300. The van der Waals surface area contributed by atoms with Gasteiger partial charge in [-0.25, -0.2) is 9.37 Å². The molecule has 1 aromatic carbocycles. The lowest BCUT2D eigenvalue weighted by Crippen LogP contribution is -2.42. The van der Waals surface area contributed by atoms with E-state index in [4.69, 9.17) is 0 Å². The number of rotatable bonds is 7. The van der Waals surface area contributed by atoms with Crippen molar-refractivity contribution in [3.63, 3.8) is 0 Å². The van der Waals surface area contributed by atoms with Gasteiger partial charge >= 0.3 is 0 Å². The third kappa shape index (κ3) is 6.13. The predicted molar refractivity (Wildman–Crippen MR) is 126 cm³/mol. The monoisotopic (exact) mass is 530 g/mol. The molecule has 3 rings (SSSR count). The number of nitrogens with one attached hydrogen (secondary N) is 4. The van der Waals surface area contributed by atoms with Crippen LogP contribution in [0, 0.1) is 12.7 Å². The van der Waals surface area contributed by atoms with Crippen LogP contribution < -0.4 is 16.0 Å². The normalized spacial score (nSPS) is 11.2. The van der Waals surface area contributed by atoms with Gasteiger partial charge in [0.05, 0.1) is 11.2 Å². The van der Waals surface area contributed by atoms with Crippen LogP contribution in [0.5, 0.6) is 0 Å². The van der Waals surface area contributed by atoms with Gasteiger partial charge in [0.2, 0.25) is 0 Å². The van der Waals surface area contributed by atoms with Crippen LogP contribution in [-0.4, -0.2) is 48.5 Å². The molecule has 0 spiro atoms. The molecule has 0 aliphatic heterocycles. The number of carbonyl (C=O) groups excluding carboxylic acids is 1. The fraction of sp³-hybridized carbons (Fsp3) is 0.316. The van der Waals surface area contributed by atoms with Crippen LogP contribution in [0.15, 0.2) is 34.9 Å². The largest absolute Gasteiger partial charge is 0.361 e. The zero-order chi connectivity index (χ0) is 19.9. The van der Waals surface area contributed by atoms with E-state index in [0.717, 1.165) is 28.6 Å². The molecule has 0 radical (unpaired) electrons. The highest BCUT2D eigenvalue weighted by atomic mass is 127. The quantitative estimate of drug-likeness (QED) is 0.164. The molecule has 0 atom stereocenters. The number of aliphatic imine (C=N–C) groups is 1. The summed E-state index contributed by atoms with van der Waals surface area (Å²) in [4.78, 5) is 24.1. The Hall–Kier alpha value is -2.21. The minimum absolute atomic E-state index is 0. The number of hydrogen-bond donors (Lipinski definition) is 4. The Morgan fingerprint density at radius 1 is 1.24 bits per heavy atom. The molecule has 3 aromatic rings. The van der Waals surface area contributed by atoms with Crippen molar-refractivity contribution in [3.8, 4) is 0 Å². The molecule has 0 fully saturated rings. The standard InChI is InChI=1S/C19H23FN6OS.HI/c1-12-17(28-11-26-12)18(27)22-7-8-24-19(21-2)23-6-5-13-10-25-16-4-3-14(20)9-15(13)16;/h3-4,9-11,25H,5-8H2,1-2H3,(H,22,27)(H2,21,23,24);1H. The molecule has 29 heavy (non-hydrogen) atoms. The van der Waals surface area contributed by atoms with Gasteiger partial charge in [0, 0.05) is 43.8 Å². The van der Waals surface area contributed by atoms with E-state index < -0.39 is 0 Å². The van der Waals surface area contributed by atoms with Crippen LogP contribution in [0.2, 0.25) is 0 Å². The summed E-state index contributed by atoms with van der Waals surface area (Å²) < 4.78 is 13.4. The first-order chi connectivity index (χ1) is 13.6. The molecule has 0 saturated heterocycles. The fourth-order valence-electron chi connectivity index (χ4n) is 2.85. The van der Waals surface area contributed by atoms with Gasteiger partial charge in [0.15, 0.2) is 5.96 Å². The molecule has 10 heteroatoms. The van der Waals surface area contributed by atoms with Crippen LogP contribution in [0.3, 0.4) is 0 Å². The molecule has 0 unspecified atom stereocenters. The highest BCUT2D eigenvalue weighted by Crippen LogP contribution is 2.19. The number of aromatic nitrogens is 2. The number of H-pyrrole nitrogens is 1. The first-order valence-electron chi connectivity index (χ1n) is 8.97. The van der Waals surface area contributed by atoms with Crippen LogP contribution in [-0.2, 0) is 6.42 Å². The van der Waals surface area contributed by atoms with Gasteiger partial charge in [-0.1, -0.05) is 0 Å². The highest BCUT2D eigenvalue weighted by Gasteiger charge is 2.10. The third-order valence-corrected chi connectivity index (χ3v) is 5.22. The number of thiazole rings is 1. The Morgan fingerprint density at radius 2 is 2.00 bits per heavy atom. The molecule has 7 nitrogen and oxygen atoms in total. The van der Waals surface area contributed by atoms with E-state index in [9.17, 15) is 9.18 Å². The van der Waals surface area contributed by atoms with Crippen molar-refractivity contribution in [2.24, 2.45) is 4.99 Å². The van der Waals surface area contributed by atoms with Gasteiger partial charge < -0.3 is 20.9 Å². The molecule has 156 valence electrons. The number of carbonyl (C=O) groups is 1. The van der Waals surface area contributed by atoms with E-state index in [1.165, 1.54) is 17.4 Å². The maximum Gasteiger partial charge on any atom is 0.263 e. The summed E-state index contributed by atoms with van der Waals surface area (Å²) in [5.41, 5.74) is 4.37. The number of halogens is 2. The second-order valence-electron chi connectivity index (χ2n) is 6.20. The summed E-state index contributed by atoms with van der Waals surface area (Å²) in [7, 11) is 1.69. The Morgan fingerprint density at radius 3 is 2.72 bits per heavy atom. The summed E-state index contributed by atoms with van der Waals surface area (Å²) in [6.07, 6.45) is 2.63. The summed E-state index contributed by atoms with van der Waals surface area (Å²) in [6, 6.07) is 4.73. The van der Waals surface area contributed by atoms with Gasteiger partial charge in [-0.2, -0.15) is 0 Å². The zero-order valence-electron chi connectivity index (χ0n) is 16.2. The highest BCUT2D eigenvalue weighted by molar-refractivity contribution is 14.0. The first-order valence-corrected chi connectivity index (χ1v) is 9.84. The Bertz CT molecular complexity index is 986. The van der Waals surface area contributed by atoms with Crippen molar-refractivity contribution in [1.82, 2.24) is 25.9 Å². The van der Waals surface area contributed by atoms with Crippen molar-refractivity contribution in [1.29, 1.82) is 0 Å². The first kappa shape index (κ1) is 23.1. The molecule has 0 bridgehead atoms. The van der Waals surface area contributed by atoms with E-state index in [1.807, 2.05) is 13.1 Å². The lowest BCUT2D eigenvalue weighted by atomic mass is 10.1. The van der Waals surface area contributed by atoms with Crippen molar-refractivity contribution >= 4 is 58.1 Å². The van der Waals surface area contributed by atoms with Crippen molar-refractivity contribution < 1.29 is 9.18 Å². The Kier molecular flexibility index (Phi) is 8.83. The third-order valence-electron chi connectivity index (χ3n) is 4.29. The van der Waals surface area contributed by atoms with Crippen molar-refractivity contribution in [2.45, 2.75) is 13.3 Å². The van der Waals surface area contributed by atoms with Gasteiger partial charge in [0.25, 0.3) is 5.91 Å². The lowest BCUT2D eigenvalue weighted by molar-refractivity contribution is 0.0957. The van der Waals surface area contributed by atoms with E-state index in [0.29, 0.717) is 30.5 Å². The fourth-order valence-corrected chi connectivity index (χ4v) is 3.57. The van der Waals surface area contributed by atoms with E-state index in [1.54, 1.807) is 24.7 Å². The summed E-state index contributed by atoms with van der Waals surface area (Å²) in [5, 5.41) is 10.1. The molecular weight excluding hydrogens is 506 g/mol. The number of nitrogens with zero attached hydrogens (tertiary/aromatic N) is 2. The van der Waals surface area contributed by atoms with Crippen LogP contribution in [0.4, 0.5) is 4.39 Å². The SMILES string of the molecule is CN=C(NCCNC(=O)c1scnc1C)NCCc1c[nH]c2ccc(F)cc12.I. The molecule has 4 N–H and O–H groups in total. The molecular formula is C19H24FIN6OS. The molecule has 0 saturated carbocycles. The molecule has 2 aromatic heterocycles. The van der Waals surface area contributed by atoms with Crippen LogP contribution in [0.1, 0.15) is 20.9 Å². The number of guanidine groups is 1.